The number of hydrogen-bond donors (Lipinski definition) is 2. The van der Waals surface area contributed by atoms with Crippen LogP contribution in [0.4, 0.5) is 0 Å². The number of rotatable bonds is 6. The number of benzene rings is 1. The van der Waals surface area contributed by atoms with Crippen LogP contribution in [0.2, 0.25) is 5.02 Å². The molecule has 2 rings (SSSR count). The van der Waals surface area contributed by atoms with Gasteiger partial charge in [0, 0.05) is 24.2 Å². The number of aryl methyl sites for hydroxylation is 2. The van der Waals surface area contributed by atoms with Crippen LogP contribution < -0.4 is 9.47 Å². The monoisotopic (exact) mass is 367 g/mol. The van der Waals surface area contributed by atoms with Crippen LogP contribution in [0.25, 0.3) is 0 Å². The van der Waals surface area contributed by atoms with Crippen molar-refractivity contribution in [1.29, 1.82) is 0 Å². The molecular weight excluding hydrogens is 350 g/mol. The Balaban J connectivity index is 2.46. The van der Waals surface area contributed by atoms with Gasteiger partial charge in [-0.2, -0.15) is 5.10 Å². The summed E-state index contributed by atoms with van der Waals surface area (Å²) < 4.78 is 12.8. The van der Waals surface area contributed by atoms with Crippen molar-refractivity contribution >= 4 is 23.8 Å². The quantitative estimate of drug-likeness (QED) is 0.461. The largest absolute Gasteiger partial charge is 0.479 e. The van der Waals surface area contributed by atoms with Gasteiger partial charge in [-0.05, 0) is 26.8 Å². The Kier molecular flexibility index (Phi) is 5.53. The van der Waals surface area contributed by atoms with Crippen LogP contribution in [0.3, 0.4) is 0 Å². The third kappa shape index (κ3) is 4.03. The molecular formula is C16H18ClN3O5. The lowest BCUT2D eigenvalue weighted by Crippen LogP contribution is -2.23. The minimum absolute atomic E-state index is 0.156. The summed E-state index contributed by atoms with van der Waals surface area (Å²) in [5.74, 6) is -0.221. The number of hydrogen-bond acceptors (Lipinski definition) is 6. The zero-order valence-electron chi connectivity index (χ0n) is 14.1. The zero-order chi connectivity index (χ0) is 18.7. The van der Waals surface area contributed by atoms with E-state index in [9.17, 15) is 4.79 Å². The van der Waals surface area contributed by atoms with Gasteiger partial charge in [0.15, 0.2) is 11.9 Å². The molecule has 0 saturated carbocycles. The Bertz CT molecular complexity index is 832. The van der Waals surface area contributed by atoms with Crippen LogP contribution in [-0.2, 0) is 11.8 Å². The lowest BCUT2D eigenvalue weighted by Gasteiger charge is -2.15. The van der Waals surface area contributed by atoms with Gasteiger partial charge < -0.3 is 19.8 Å². The summed E-state index contributed by atoms with van der Waals surface area (Å²) in [6.07, 6.45) is -0.0143. The molecule has 0 saturated heterocycles. The van der Waals surface area contributed by atoms with Gasteiger partial charge in [0.1, 0.15) is 5.75 Å². The number of aliphatic carboxylic acids is 1. The molecule has 1 heterocycles. The van der Waals surface area contributed by atoms with E-state index in [4.69, 9.17) is 31.4 Å². The molecule has 134 valence electrons. The summed E-state index contributed by atoms with van der Waals surface area (Å²) in [4.78, 5) is 11.0. The molecule has 1 aromatic heterocycles. The second-order valence-corrected chi connectivity index (χ2v) is 5.81. The summed E-state index contributed by atoms with van der Waals surface area (Å²) in [7, 11) is 1.74. The number of nitrogens with zero attached hydrogens (tertiary/aromatic N) is 3. The number of ether oxygens (including phenoxy) is 2. The van der Waals surface area contributed by atoms with E-state index in [1.54, 1.807) is 11.7 Å². The van der Waals surface area contributed by atoms with Gasteiger partial charge in [0.2, 0.25) is 5.88 Å². The van der Waals surface area contributed by atoms with Crippen molar-refractivity contribution in [2.45, 2.75) is 26.9 Å². The summed E-state index contributed by atoms with van der Waals surface area (Å²) in [5, 5.41) is 25.2. The molecule has 2 N–H and O–H groups in total. The van der Waals surface area contributed by atoms with Crippen molar-refractivity contribution in [3.63, 3.8) is 0 Å². The standard InChI is InChI=1S/C16H18ClN3O5/c1-8-9(2)19-20(4)15(8)25-14-6-13(24-10(3)16(21)22)11(7-18-23)5-12(14)17/h5-7,10,23H,1-4H3,(H,21,22)/b18-7+/t10-/m0/s1. The van der Waals surface area contributed by atoms with Crippen LogP contribution >= 0.6 is 11.6 Å². The summed E-state index contributed by atoms with van der Waals surface area (Å²) in [5.41, 5.74) is 1.97. The summed E-state index contributed by atoms with van der Waals surface area (Å²) >= 11 is 6.23. The highest BCUT2D eigenvalue weighted by Crippen LogP contribution is 2.36. The van der Waals surface area contributed by atoms with Crippen molar-refractivity contribution in [3.05, 3.63) is 34.0 Å². The SMILES string of the molecule is Cc1nn(C)c(Oc2cc(O[C@@H](C)C(=O)O)c(/C=N/O)cc2Cl)c1C. The first-order chi connectivity index (χ1) is 11.7. The van der Waals surface area contributed by atoms with E-state index < -0.39 is 12.1 Å². The Labute approximate surface area is 149 Å². The zero-order valence-corrected chi connectivity index (χ0v) is 14.9. The molecule has 0 aliphatic rings. The first kappa shape index (κ1) is 18.6. The molecule has 2 aromatic rings. The molecule has 0 fully saturated rings. The van der Waals surface area contributed by atoms with Crippen LogP contribution in [0, 0.1) is 13.8 Å². The molecule has 0 unspecified atom stereocenters. The summed E-state index contributed by atoms with van der Waals surface area (Å²) in [6.45, 7) is 5.10. The van der Waals surface area contributed by atoms with E-state index in [1.807, 2.05) is 13.8 Å². The smallest absolute Gasteiger partial charge is 0.344 e. The van der Waals surface area contributed by atoms with Gasteiger partial charge in [-0.25, -0.2) is 9.48 Å². The Morgan fingerprint density at radius 1 is 1.40 bits per heavy atom. The number of carboxylic acids is 1. The maximum atomic E-state index is 11.0. The average Bonchev–Trinajstić information content (AvgIpc) is 2.77. The average molecular weight is 368 g/mol. The predicted octanol–water partition coefficient (Wildman–Crippen LogP) is 3.14. The molecule has 1 aromatic carbocycles. The molecule has 0 aliphatic heterocycles. The van der Waals surface area contributed by atoms with E-state index in [2.05, 4.69) is 10.3 Å². The van der Waals surface area contributed by atoms with Gasteiger partial charge in [-0.3, -0.25) is 0 Å². The molecule has 0 radical (unpaired) electrons. The number of carbonyl (C=O) groups is 1. The molecule has 0 amide bonds. The van der Waals surface area contributed by atoms with E-state index in [-0.39, 0.29) is 16.5 Å². The molecule has 8 nitrogen and oxygen atoms in total. The number of aromatic nitrogens is 2. The Morgan fingerprint density at radius 3 is 2.60 bits per heavy atom. The fourth-order valence-electron chi connectivity index (χ4n) is 2.12. The highest BCUT2D eigenvalue weighted by atomic mass is 35.5. The van der Waals surface area contributed by atoms with Crippen molar-refractivity contribution in [2.75, 3.05) is 0 Å². The first-order valence-electron chi connectivity index (χ1n) is 7.33. The fourth-order valence-corrected chi connectivity index (χ4v) is 2.33. The van der Waals surface area contributed by atoms with Gasteiger partial charge in [-0.15, -0.1) is 0 Å². The second kappa shape index (κ2) is 7.43. The molecule has 0 spiro atoms. The van der Waals surface area contributed by atoms with Gasteiger partial charge in [0.25, 0.3) is 0 Å². The van der Waals surface area contributed by atoms with Crippen molar-refractivity contribution in [1.82, 2.24) is 9.78 Å². The highest BCUT2D eigenvalue weighted by Gasteiger charge is 2.19. The number of halogens is 1. The number of carboxylic acid groups (broad SMARTS) is 1. The minimum atomic E-state index is -1.14. The highest BCUT2D eigenvalue weighted by molar-refractivity contribution is 6.32. The normalized spacial score (nSPS) is 12.4. The molecule has 1 atom stereocenters. The van der Waals surface area contributed by atoms with E-state index in [0.29, 0.717) is 11.4 Å². The topological polar surface area (TPSA) is 106 Å². The Hall–Kier alpha value is -2.74. The predicted molar refractivity (Wildman–Crippen MR) is 91.3 cm³/mol. The maximum absolute atomic E-state index is 11.0. The lowest BCUT2D eigenvalue weighted by atomic mass is 10.2. The summed E-state index contributed by atoms with van der Waals surface area (Å²) in [6, 6.07) is 2.90. The second-order valence-electron chi connectivity index (χ2n) is 5.40. The van der Waals surface area contributed by atoms with Gasteiger partial charge >= 0.3 is 5.97 Å². The van der Waals surface area contributed by atoms with Crippen molar-refractivity contribution < 1.29 is 24.6 Å². The van der Waals surface area contributed by atoms with Crippen LogP contribution in [0.1, 0.15) is 23.7 Å². The van der Waals surface area contributed by atoms with Gasteiger partial charge in [0.05, 0.1) is 16.9 Å². The van der Waals surface area contributed by atoms with Crippen LogP contribution in [0.15, 0.2) is 17.3 Å². The third-order valence-electron chi connectivity index (χ3n) is 3.58. The van der Waals surface area contributed by atoms with E-state index in [1.165, 1.54) is 19.1 Å². The van der Waals surface area contributed by atoms with Crippen molar-refractivity contribution in [2.24, 2.45) is 12.2 Å². The molecule has 25 heavy (non-hydrogen) atoms. The van der Waals surface area contributed by atoms with Crippen LogP contribution in [0.5, 0.6) is 17.4 Å². The van der Waals surface area contributed by atoms with E-state index in [0.717, 1.165) is 17.5 Å². The maximum Gasteiger partial charge on any atom is 0.344 e. The molecule has 9 heteroatoms. The molecule has 0 aliphatic carbocycles. The van der Waals surface area contributed by atoms with E-state index >= 15 is 0 Å². The first-order valence-corrected chi connectivity index (χ1v) is 7.70. The fraction of sp³-hybridized carbons (Fsp3) is 0.312. The Morgan fingerprint density at radius 2 is 2.08 bits per heavy atom. The van der Waals surface area contributed by atoms with Crippen molar-refractivity contribution in [3.8, 4) is 17.4 Å². The van der Waals surface area contributed by atoms with Gasteiger partial charge in [-0.1, -0.05) is 16.8 Å². The van der Waals surface area contributed by atoms with Crippen LogP contribution in [-0.4, -0.2) is 38.4 Å². The lowest BCUT2D eigenvalue weighted by molar-refractivity contribution is -0.144. The number of oxime groups is 1. The third-order valence-corrected chi connectivity index (χ3v) is 3.87. The minimum Gasteiger partial charge on any atom is -0.479 e. The molecule has 0 bridgehead atoms.